The minimum atomic E-state index is -0.450. The molecule has 0 saturated carbocycles. The minimum Gasteiger partial charge on any atom is -0.496 e. The molecule has 0 saturated heterocycles. The molecule has 0 fully saturated rings. The number of oxime groups is 1. The van der Waals surface area contributed by atoms with Gasteiger partial charge < -0.3 is 9.57 Å². The lowest BCUT2D eigenvalue weighted by Gasteiger charge is -2.09. The first-order chi connectivity index (χ1) is 11.1. The maximum atomic E-state index is 12.1. The third-order valence-corrected chi connectivity index (χ3v) is 3.89. The van der Waals surface area contributed by atoms with Gasteiger partial charge in [0.2, 0.25) is 0 Å². The molecule has 0 amide bonds. The van der Waals surface area contributed by atoms with Crippen LogP contribution in [0.5, 0.6) is 5.75 Å². The summed E-state index contributed by atoms with van der Waals surface area (Å²) in [6, 6.07) is 13.5. The molecule has 2 aromatic rings. The molecule has 0 aromatic heterocycles. The predicted molar refractivity (Wildman–Crippen MR) is 89.5 cm³/mol. The highest BCUT2D eigenvalue weighted by molar-refractivity contribution is 6.32. The third kappa shape index (κ3) is 2.75. The van der Waals surface area contributed by atoms with E-state index < -0.39 is 5.97 Å². The molecule has 1 aliphatic rings. The monoisotopic (exact) mass is 307 g/mol. The molecule has 1 aliphatic heterocycles. The van der Waals surface area contributed by atoms with Crippen LogP contribution in [0.1, 0.15) is 22.3 Å². The molecule has 0 bridgehead atoms. The Morgan fingerprint density at radius 1 is 1.04 bits per heavy atom. The van der Waals surface area contributed by atoms with Gasteiger partial charge in [-0.05, 0) is 48.7 Å². The van der Waals surface area contributed by atoms with Crippen LogP contribution >= 0.6 is 0 Å². The fourth-order valence-electron chi connectivity index (χ4n) is 2.64. The Kier molecular flexibility index (Phi) is 3.98. The van der Waals surface area contributed by atoms with Crippen molar-refractivity contribution in [1.29, 1.82) is 0 Å². The van der Waals surface area contributed by atoms with E-state index in [0.717, 1.165) is 22.3 Å². The second-order valence-electron chi connectivity index (χ2n) is 5.38. The van der Waals surface area contributed by atoms with Crippen LogP contribution in [0, 0.1) is 13.8 Å². The summed E-state index contributed by atoms with van der Waals surface area (Å²) in [6.45, 7) is 4.03. The average molecular weight is 307 g/mol. The van der Waals surface area contributed by atoms with Crippen LogP contribution in [0.3, 0.4) is 0 Å². The van der Waals surface area contributed by atoms with Crippen LogP contribution in [0.2, 0.25) is 0 Å². The molecule has 4 heteroatoms. The highest BCUT2D eigenvalue weighted by Gasteiger charge is 2.29. The maximum absolute atomic E-state index is 12.1. The Morgan fingerprint density at radius 2 is 1.74 bits per heavy atom. The van der Waals surface area contributed by atoms with Crippen LogP contribution in [-0.4, -0.2) is 18.8 Å². The molecule has 2 aromatic carbocycles. The van der Waals surface area contributed by atoms with E-state index >= 15 is 0 Å². The van der Waals surface area contributed by atoms with Crippen molar-refractivity contribution >= 4 is 17.8 Å². The number of hydrogen-bond acceptors (Lipinski definition) is 4. The number of ether oxygens (including phenoxy) is 1. The van der Waals surface area contributed by atoms with Crippen LogP contribution in [0.4, 0.5) is 0 Å². The summed E-state index contributed by atoms with van der Waals surface area (Å²) >= 11 is 0. The van der Waals surface area contributed by atoms with Crippen molar-refractivity contribution < 1.29 is 14.4 Å². The summed E-state index contributed by atoms with van der Waals surface area (Å²) in [5.41, 5.74) is 4.86. The zero-order chi connectivity index (χ0) is 16.4. The normalized spacial score (nSPS) is 15.5. The van der Waals surface area contributed by atoms with E-state index in [0.29, 0.717) is 17.0 Å². The number of benzene rings is 2. The lowest BCUT2D eigenvalue weighted by Crippen LogP contribution is -2.08. The molecular formula is C19H17NO3. The van der Waals surface area contributed by atoms with Gasteiger partial charge in [0, 0.05) is 5.56 Å². The van der Waals surface area contributed by atoms with Crippen molar-refractivity contribution in [1.82, 2.24) is 0 Å². The van der Waals surface area contributed by atoms with Crippen LogP contribution in [0.25, 0.3) is 6.08 Å². The van der Waals surface area contributed by atoms with E-state index in [-0.39, 0.29) is 0 Å². The van der Waals surface area contributed by atoms with E-state index in [1.54, 1.807) is 7.11 Å². The van der Waals surface area contributed by atoms with Crippen LogP contribution < -0.4 is 4.74 Å². The SMILES string of the molecule is COc1ccccc1C1=NOC(=O)/C1=C/c1c(C)cccc1C. The van der Waals surface area contributed by atoms with Gasteiger partial charge in [0.1, 0.15) is 11.5 Å². The third-order valence-electron chi connectivity index (χ3n) is 3.89. The van der Waals surface area contributed by atoms with Crippen molar-refractivity contribution in [2.45, 2.75) is 13.8 Å². The van der Waals surface area contributed by atoms with E-state index in [4.69, 9.17) is 9.57 Å². The molecule has 0 radical (unpaired) electrons. The van der Waals surface area contributed by atoms with Gasteiger partial charge in [0.05, 0.1) is 12.7 Å². The quantitative estimate of drug-likeness (QED) is 0.642. The van der Waals surface area contributed by atoms with Crippen molar-refractivity contribution in [3.8, 4) is 5.75 Å². The molecule has 116 valence electrons. The number of nitrogens with zero attached hydrogens (tertiary/aromatic N) is 1. The molecule has 0 aliphatic carbocycles. The number of hydrogen-bond donors (Lipinski definition) is 0. The van der Waals surface area contributed by atoms with E-state index in [1.165, 1.54) is 0 Å². The highest BCUT2D eigenvalue weighted by atomic mass is 16.7. The molecular weight excluding hydrogens is 290 g/mol. The Balaban J connectivity index is 2.12. The molecule has 0 N–H and O–H groups in total. The van der Waals surface area contributed by atoms with Gasteiger partial charge in [0.15, 0.2) is 0 Å². The summed E-state index contributed by atoms with van der Waals surface area (Å²) in [4.78, 5) is 17.0. The van der Waals surface area contributed by atoms with Gasteiger partial charge in [0.25, 0.3) is 0 Å². The molecule has 3 rings (SSSR count). The standard InChI is InChI=1S/C19H17NO3/c1-12-7-6-8-13(2)15(12)11-16-18(20-23-19(16)21)14-9-4-5-10-17(14)22-3/h4-11H,1-3H3/b16-11+. The molecule has 23 heavy (non-hydrogen) atoms. The van der Waals surface area contributed by atoms with Gasteiger partial charge in [-0.15, -0.1) is 0 Å². The summed E-state index contributed by atoms with van der Waals surface area (Å²) in [5.74, 6) is 0.200. The van der Waals surface area contributed by atoms with Gasteiger partial charge in [-0.3, -0.25) is 0 Å². The van der Waals surface area contributed by atoms with Gasteiger partial charge >= 0.3 is 5.97 Å². The minimum absolute atomic E-state index is 0.437. The number of rotatable bonds is 3. The average Bonchev–Trinajstić information content (AvgIpc) is 2.91. The first kappa shape index (κ1) is 15.0. The van der Waals surface area contributed by atoms with Crippen LogP contribution in [-0.2, 0) is 9.63 Å². The van der Waals surface area contributed by atoms with Crippen molar-refractivity contribution in [3.05, 3.63) is 70.3 Å². The summed E-state index contributed by atoms with van der Waals surface area (Å²) in [7, 11) is 1.59. The number of carbonyl (C=O) groups is 1. The second kappa shape index (κ2) is 6.08. The first-order valence-electron chi connectivity index (χ1n) is 7.33. The summed E-state index contributed by atoms with van der Waals surface area (Å²) in [5, 5.41) is 3.95. The zero-order valence-corrected chi connectivity index (χ0v) is 13.3. The molecule has 0 atom stereocenters. The van der Waals surface area contributed by atoms with Crippen molar-refractivity contribution in [3.63, 3.8) is 0 Å². The Labute approximate surface area is 135 Å². The number of carbonyl (C=O) groups excluding carboxylic acids is 1. The lowest BCUT2D eigenvalue weighted by molar-refractivity contribution is -0.136. The molecule has 1 heterocycles. The summed E-state index contributed by atoms with van der Waals surface area (Å²) in [6.07, 6.45) is 1.84. The first-order valence-corrected chi connectivity index (χ1v) is 7.33. The Bertz CT molecular complexity index is 814. The lowest BCUT2D eigenvalue weighted by atomic mass is 9.96. The van der Waals surface area contributed by atoms with Gasteiger partial charge in [-0.2, -0.15) is 0 Å². The van der Waals surface area contributed by atoms with E-state index in [9.17, 15) is 4.79 Å². The zero-order valence-electron chi connectivity index (χ0n) is 13.3. The highest BCUT2D eigenvalue weighted by Crippen LogP contribution is 2.28. The number of methoxy groups -OCH3 is 1. The van der Waals surface area contributed by atoms with E-state index in [2.05, 4.69) is 5.16 Å². The number of para-hydroxylation sites is 1. The Hall–Kier alpha value is -2.88. The van der Waals surface area contributed by atoms with E-state index in [1.807, 2.05) is 62.4 Å². The van der Waals surface area contributed by atoms with Crippen molar-refractivity contribution in [2.75, 3.05) is 7.11 Å². The van der Waals surface area contributed by atoms with Gasteiger partial charge in [-0.1, -0.05) is 35.5 Å². The second-order valence-corrected chi connectivity index (χ2v) is 5.38. The maximum Gasteiger partial charge on any atom is 0.368 e. The molecule has 0 unspecified atom stereocenters. The van der Waals surface area contributed by atoms with Gasteiger partial charge in [-0.25, -0.2) is 4.79 Å². The number of aryl methyl sites for hydroxylation is 2. The Morgan fingerprint density at radius 3 is 2.43 bits per heavy atom. The van der Waals surface area contributed by atoms with Crippen molar-refractivity contribution in [2.24, 2.45) is 5.16 Å². The molecule has 0 spiro atoms. The fourth-order valence-corrected chi connectivity index (χ4v) is 2.64. The predicted octanol–water partition coefficient (Wildman–Crippen LogP) is 3.66. The largest absolute Gasteiger partial charge is 0.496 e. The van der Waals surface area contributed by atoms with Crippen LogP contribution in [0.15, 0.2) is 53.2 Å². The fraction of sp³-hybridized carbons (Fsp3) is 0.158. The topological polar surface area (TPSA) is 47.9 Å². The molecule has 4 nitrogen and oxygen atoms in total. The summed E-state index contributed by atoms with van der Waals surface area (Å²) < 4.78 is 5.36. The smallest absolute Gasteiger partial charge is 0.368 e.